The maximum absolute atomic E-state index is 10.9. The molecule has 0 saturated carbocycles. The Kier molecular flexibility index (Phi) is 2.57. The topological polar surface area (TPSA) is 121 Å². The Morgan fingerprint density at radius 2 is 1.88 bits per heavy atom. The average Bonchev–Trinajstić information content (AvgIpc) is 2.29. The van der Waals surface area contributed by atoms with Crippen LogP contribution in [0.25, 0.3) is 11.1 Å². The first-order valence-electron chi connectivity index (χ1n) is 4.71. The molecule has 0 spiro atoms. The molecule has 1 aromatic heterocycles. The number of hydrogen-bond donors (Lipinski definition) is 2. The summed E-state index contributed by atoms with van der Waals surface area (Å²) in [6.07, 6.45) is 1.38. The lowest BCUT2D eigenvalue weighted by Crippen LogP contribution is -2.02. The monoisotopic (exact) mass is 231 g/mol. The SMILES string of the molecule is Nc1ncc(-c2ccccc2[N+](=O)[O-])c(N)n1. The van der Waals surface area contributed by atoms with E-state index in [4.69, 9.17) is 11.5 Å². The first kappa shape index (κ1) is 10.8. The summed E-state index contributed by atoms with van der Waals surface area (Å²) >= 11 is 0. The molecule has 7 heteroatoms. The zero-order valence-electron chi connectivity index (χ0n) is 8.70. The number of nitrogens with zero attached hydrogens (tertiary/aromatic N) is 3. The van der Waals surface area contributed by atoms with Gasteiger partial charge < -0.3 is 11.5 Å². The first-order valence-corrected chi connectivity index (χ1v) is 4.71. The minimum absolute atomic E-state index is 0.0323. The Bertz CT molecular complexity index is 585. The molecular formula is C10H9N5O2. The molecule has 4 N–H and O–H groups in total. The van der Waals surface area contributed by atoms with Gasteiger partial charge in [0, 0.05) is 17.8 Å². The molecule has 86 valence electrons. The second-order valence-corrected chi connectivity index (χ2v) is 3.30. The summed E-state index contributed by atoms with van der Waals surface area (Å²) in [5.41, 5.74) is 11.8. The quantitative estimate of drug-likeness (QED) is 0.591. The highest BCUT2D eigenvalue weighted by Gasteiger charge is 2.17. The molecule has 0 aliphatic carbocycles. The lowest BCUT2D eigenvalue weighted by atomic mass is 10.1. The molecule has 0 atom stereocenters. The summed E-state index contributed by atoms with van der Waals surface area (Å²) in [7, 11) is 0. The molecule has 0 aliphatic heterocycles. The average molecular weight is 231 g/mol. The molecule has 0 amide bonds. The van der Waals surface area contributed by atoms with E-state index in [1.807, 2.05) is 0 Å². The van der Waals surface area contributed by atoms with E-state index in [2.05, 4.69) is 9.97 Å². The summed E-state index contributed by atoms with van der Waals surface area (Å²) in [6, 6.07) is 6.24. The van der Waals surface area contributed by atoms with Gasteiger partial charge in [-0.1, -0.05) is 12.1 Å². The van der Waals surface area contributed by atoms with Gasteiger partial charge in [-0.15, -0.1) is 0 Å². The summed E-state index contributed by atoms with van der Waals surface area (Å²) in [4.78, 5) is 17.9. The number of hydrogen-bond acceptors (Lipinski definition) is 6. The fraction of sp³-hybridized carbons (Fsp3) is 0. The highest BCUT2D eigenvalue weighted by Crippen LogP contribution is 2.31. The van der Waals surface area contributed by atoms with Crippen molar-refractivity contribution in [3.8, 4) is 11.1 Å². The number of nitro groups is 1. The highest BCUT2D eigenvalue weighted by molar-refractivity contribution is 5.80. The van der Waals surface area contributed by atoms with Crippen molar-refractivity contribution in [3.05, 3.63) is 40.6 Å². The summed E-state index contributed by atoms with van der Waals surface area (Å²) in [6.45, 7) is 0. The maximum atomic E-state index is 10.9. The number of nitrogens with two attached hydrogens (primary N) is 2. The molecule has 2 aromatic rings. The van der Waals surface area contributed by atoms with Gasteiger partial charge in [-0.05, 0) is 6.07 Å². The van der Waals surface area contributed by atoms with Crippen LogP contribution in [0.15, 0.2) is 30.5 Å². The Hall–Kier alpha value is -2.70. The van der Waals surface area contributed by atoms with Gasteiger partial charge >= 0.3 is 0 Å². The third kappa shape index (κ3) is 1.98. The third-order valence-electron chi connectivity index (χ3n) is 2.23. The second kappa shape index (κ2) is 4.05. The minimum atomic E-state index is -0.481. The predicted molar refractivity (Wildman–Crippen MR) is 62.9 cm³/mol. The van der Waals surface area contributed by atoms with E-state index in [0.717, 1.165) is 0 Å². The normalized spacial score (nSPS) is 10.1. The van der Waals surface area contributed by atoms with E-state index in [-0.39, 0.29) is 17.5 Å². The fourth-order valence-electron chi connectivity index (χ4n) is 1.48. The van der Waals surface area contributed by atoms with Crippen molar-refractivity contribution in [3.63, 3.8) is 0 Å². The highest BCUT2D eigenvalue weighted by atomic mass is 16.6. The van der Waals surface area contributed by atoms with Gasteiger partial charge in [-0.3, -0.25) is 10.1 Å². The van der Waals surface area contributed by atoms with E-state index in [9.17, 15) is 10.1 Å². The predicted octanol–water partition coefficient (Wildman–Crippen LogP) is 1.22. The van der Waals surface area contributed by atoms with Gasteiger partial charge in [0.25, 0.3) is 5.69 Å². The molecule has 17 heavy (non-hydrogen) atoms. The number of benzene rings is 1. The van der Waals surface area contributed by atoms with Crippen LogP contribution in [0.1, 0.15) is 0 Å². The Balaban J connectivity index is 2.64. The molecule has 1 heterocycles. The van der Waals surface area contributed by atoms with Crippen LogP contribution in [0.5, 0.6) is 0 Å². The van der Waals surface area contributed by atoms with Crippen molar-refractivity contribution in [2.75, 3.05) is 11.5 Å². The number of para-hydroxylation sites is 1. The lowest BCUT2D eigenvalue weighted by molar-refractivity contribution is -0.384. The smallest absolute Gasteiger partial charge is 0.277 e. The molecule has 0 bridgehead atoms. The minimum Gasteiger partial charge on any atom is -0.383 e. The summed E-state index contributed by atoms with van der Waals surface area (Å²) in [5.74, 6) is 0.150. The Labute approximate surface area is 96.3 Å². The van der Waals surface area contributed by atoms with Gasteiger partial charge in [0.05, 0.1) is 10.5 Å². The molecule has 2 rings (SSSR count). The van der Waals surface area contributed by atoms with Crippen molar-refractivity contribution in [1.82, 2.24) is 9.97 Å². The van der Waals surface area contributed by atoms with Crippen molar-refractivity contribution in [2.45, 2.75) is 0 Å². The van der Waals surface area contributed by atoms with Gasteiger partial charge in [0.15, 0.2) is 0 Å². The maximum Gasteiger partial charge on any atom is 0.277 e. The number of anilines is 2. The molecular weight excluding hydrogens is 222 g/mol. The number of nitro benzene ring substituents is 1. The molecule has 0 saturated heterocycles. The van der Waals surface area contributed by atoms with Crippen LogP contribution in [0.3, 0.4) is 0 Å². The molecule has 0 fully saturated rings. The molecule has 0 radical (unpaired) electrons. The molecule has 7 nitrogen and oxygen atoms in total. The van der Waals surface area contributed by atoms with Crippen molar-refractivity contribution in [1.29, 1.82) is 0 Å². The van der Waals surface area contributed by atoms with E-state index < -0.39 is 4.92 Å². The lowest BCUT2D eigenvalue weighted by Gasteiger charge is -2.05. The van der Waals surface area contributed by atoms with Crippen LogP contribution in [0, 0.1) is 10.1 Å². The molecule has 0 unspecified atom stereocenters. The van der Waals surface area contributed by atoms with E-state index in [1.54, 1.807) is 18.2 Å². The van der Waals surface area contributed by atoms with E-state index in [0.29, 0.717) is 11.1 Å². The molecule has 0 aliphatic rings. The van der Waals surface area contributed by atoms with Crippen molar-refractivity contribution >= 4 is 17.5 Å². The number of nitrogen functional groups attached to an aromatic ring is 2. The van der Waals surface area contributed by atoms with Gasteiger partial charge in [-0.2, -0.15) is 4.98 Å². The van der Waals surface area contributed by atoms with E-state index >= 15 is 0 Å². The van der Waals surface area contributed by atoms with Crippen molar-refractivity contribution in [2.24, 2.45) is 0 Å². The summed E-state index contributed by atoms with van der Waals surface area (Å²) in [5, 5.41) is 10.9. The van der Waals surface area contributed by atoms with Crippen LogP contribution in [0.2, 0.25) is 0 Å². The standard InChI is InChI=1S/C10H9N5O2/c11-9-7(5-13-10(12)14-9)6-3-1-2-4-8(6)15(16)17/h1-5H,(H4,11,12,13,14). The van der Waals surface area contributed by atoms with Crippen LogP contribution >= 0.6 is 0 Å². The zero-order chi connectivity index (χ0) is 12.4. The van der Waals surface area contributed by atoms with Gasteiger partial charge in [0.1, 0.15) is 5.82 Å². The third-order valence-corrected chi connectivity index (χ3v) is 2.23. The number of rotatable bonds is 2. The number of aromatic nitrogens is 2. The fourth-order valence-corrected chi connectivity index (χ4v) is 1.48. The Morgan fingerprint density at radius 3 is 2.53 bits per heavy atom. The largest absolute Gasteiger partial charge is 0.383 e. The van der Waals surface area contributed by atoms with Gasteiger partial charge in [0.2, 0.25) is 5.95 Å². The zero-order valence-corrected chi connectivity index (χ0v) is 8.70. The van der Waals surface area contributed by atoms with Crippen LogP contribution in [-0.4, -0.2) is 14.9 Å². The Morgan fingerprint density at radius 1 is 1.18 bits per heavy atom. The summed E-state index contributed by atoms with van der Waals surface area (Å²) < 4.78 is 0. The van der Waals surface area contributed by atoms with Crippen molar-refractivity contribution < 1.29 is 4.92 Å². The second-order valence-electron chi connectivity index (χ2n) is 3.30. The van der Waals surface area contributed by atoms with Gasteiger partial charge in [-0.25, -0.2) is 4.98 Å². The van der Waals surface area contributed by atoms with E-state index in [1.165, 1.54) is 12.3 Å². The van der Waals surface area contributed by atoms with Crippen LogP contribution in [-0.2, 0) is 0 Å². The van der Waals surface area contributed by atoms with Crippen LogP contribution < -0.4 is 11.5 Å². The van der Waals surface area contributed by atoms with Crippen LogP contribution in [0.4, 0.5) is 17.5 Å². The molecule has 1 aromatic carbocycles. The first-order chi connectivity index (χ1) is 8.09.